The molecule has 1 aromatic carbocycles. The number of aryl methyl sites for hydroxylation is 1. The van der Waals surface area contributed by atoms with Crippen molar-refractivity contribution in [3.05, 3.63) is 29.5 Å². The van der Waals surface area contributed by atoms with Gasteiger partial charge < -0.3 is 14.5 Å². The lowest BCUT2D eigenvalue weighted by Crippen LogP contribution is -2.10. The maximum absolute atomic E-state index is 12.1. The Hall–Kier alpha value is -2.30. The van der Waals surface area contributed by atoms with Crippen LogP contribution >= 0.6 is 0 Å². The number of aromatic nitrogens is 1. The third-order valence-corrected chi connectivity index (χ3v) is 3.01. The number of carbonyl (C=O) groups excluding carboxylic acids is 2. The highest BCUT2D eigenvalue weighted by molar-refractivity contribution is 6.15. The number of hydrogen-bond acceptors (Lipinski definition) is 4. The van der Waals surface area contributed by atoms with Gasteiger partial charge in [-0.1, -0.05) is 12.1 Å². The van der Waals surface area contributed by atoms with E-state index in [0.717, 1.165) is 10.9 Å². The summed E-state index contributed by atoms with van der Waals surface area (Å²) in [7, 11) is 2.83. The molecular weight excluding hydrogens is 246 g/mol. The van der Waals surface area contributed by atoms with E-state index in [4.69, 9.17) is 4.74 Å². The fourth-order valence-electron chi connectivity index (χ4n) is 2.14. The summed E-state index contributed by atoms with van der Waals surface area (Å²) in [6.07, 6.45) is -0.262. The lowest BCUT2D eigenvalue weighted by molar-refractivity contribution is -0.139. The molecule has 0 saturated carbocycles. The average molecular weight is 261 g/mol. The van der Waals surface area contributed by atoms with Gasteiger partial charge in [-0.2, -0.15) is 0 Å². The summed E-state index contributed by atoms with van der Waals surface area (Å²) in [5, 5.41) is 0.755. The van der Waals surface area contributed by atoms with Gasteiger partial charge >= 0.3 is 5.97 Å². The van der Waals surface area contributed by atoms with Crippen molar-refractivity contribution in [3.63, 3.8) is 0 Å². The molecule has 5 nitrogen and oxygen atoms in total. The van der Waals surface area contributed by atoms with Crippen molar-refractivity contribution < 1.29 is 19.1 Å². The van der Waals surface area contributed by atoms with Crippen LogP contribution in [0.4, 0.5) is 0 Å². The van der Waals surface area contributed by atoms with E-state index in [0.29, 0.717) is 17.0 Å². The van der Waals surface area contributed by atoms with Crippen LogP contribution < -0.4 is 4.74 Å². The molecule has 2 rings (SSSR count). The molecule has 2 aromatic rings. The van der Waals surface area contributed by atoms with E-state index in [1.165, 1.54) is 7.11 Å². The van der Waals surface area contributed by atoms with Gasteiger partial charge in [-0.15, -0.1) is 0 Å². The summed E-state index contributed by atoms with van der Waals surface area (Å²) < 4.78 is 9.76. The molecule has 0 spiro atoms. The van der Waals surface area contributed by atoms with Crippen LogP contribution in [0.3, 0.4) is 0 Å². The summed E-state index contributed by atoms with van der Waals surface area (Å²) in [5.74, 6) is -0.136. The van der Waals surface area contributed by atoms with Crippen LogP contribution in [-0.4, -0.2) is 31.0 Å². The second-order valence-corrected chi connectivity index (χ2v) is 4.18. The number of rotatable bonds is 4. The van der Waals surface area contributed by atoms with Gasteiger partial charge in [0.1, 0.15) is 12.2 Å². The molecule has 1 aromatic heterocycles. The summed E-state index contributed by atoms with van der Waals surface area (Å²) in [4.78, 5) is 26.5. The number of carbonyl (C=O) groups is 2. The molecule has 1 N–H and O–H groups in total. The number of aromatic amines is 1. The molecule has 0 saturated heterocycles. The topological polar surface area (TPSA) is 68.4 Å². The Labute approximate surface area is 110 Å². The normalized spacial score (nSPS) is 10.5. The van der Waals surface area contributed by atoms with E-state index < -0.39 is 5.97 Å². The SMILES string of the molecule is COC(=O)CC(=O)c1c(C)[nH]c2c(OC)cccc12. The van der Waals surface area contributed by atoms with Gasteiger partial charge in [-0.05, 0) is 13.0 Å². The van der Waals surface area contributed by atoms with Gasteiger partial charge in [0.25, 0.3) is 0 Å². The largest absolute Gasteiger partial charge is 0.495 e. The van der Waals surface area contributed by atoms with Crippen molar-refractivity contribution in [3.8, 4) is 5.75 Å². The van der Waals surface area contributed by atoms with Crippen molar-refractivity contribution >= 4 is 22.7 Å². The zero-order chi connectivity index (χ0) is 14.0. The fraction of sp³-hybridized carbons (Fsp3) is 0.286. The lowest BCUT2D eigenvalue weighted by Gasteiger charge is -2.02. The van der Waals surface area contributed by atoms with Crippen molar-refractivity contribution in [1.82, 2.24) is 4.98 Å². The first kappa shape index (κ1) is 13.1. The molecule has 19 heavy (non-hydrogen) atoms. The molecule has 0 aliphatic carbocycles. The van der Waals surface area contributed by atoms with Crippen LogP contribution in [0, 0.1) is 6.92 Å². The number of ether oxygens (including phenoxy) is 2. The maximum atomic E-state index is 12.1. The summed E-state index contributed by atoms with van der Waals surface area (Å²) in [5.41, 5.74) is 1.99. The quantitative estimate of drug-likeness (QED) is 0.520. The van der Waals surface area contributed by atoms with Crippen LogP contribution in [0.25, 0.3) is 10.9 Å². The summed E-state index contributed by atoms with van der Waals surface area (Å²) >= 11 is 0. The summed E-state index contributed by atoms with van der Waals surface area (Å²) in [6.45, 7) is 1.80. The molecule has 100 valence electrons. The van der Waals surface area contributed by atoms with Gasteiger partial charge in [0.2, 0.25) is 0 Å². The van der Waals surface area contributed by atoms with Gasteiger partial charge in [-0.3, -0.25) is 9.59 Å². The lowest BCUT2D eigenvalue weighted by atomic mass is 10.0. The smallest absolute Gasteiger partial charge is 0.313 e. The van der Waals surface area contributed by atoms with Gasteiger partial charge in [0.05, 0.1) is 19.7 Å². The summed E-state index contributed by atoms with van der Waals surface area (Å²) in [6, 6.07) is 5.45. The van der Waals surface area contributed by atoms with Crippen molar-refractivity contribution in [2.45, 2.75) is 13.3 Å². The number of hydrogen-bond donors (Lipinski definition) is 1. The predicted molar refractivity (Wildman–Crippen MR) is 70.6 cm³/mol. The highest BCUT2D eigenvalue weighted by Crippen LogP contribution is 2.30. The molecule has 0 aliphatic rings. The average Bonchev–Trinajstić information content (AvgIpc) is 2.74. The Morgan fingerprint density at radius 3 is 2.63 bits per heavy atom. The van der Waals surface area contributed by atoms with E-state index in [2.05, 4.69) is 9.72 Å². The number of methoxy groups -OCH3 is 2. The first-order chi connectivity index (χ1) is 9.08. The second kappa shape index (κ2) is 5.14. The van der Waals surface area contributed by atoms with E-state index in [1.54, 1.807) is 14.0 Å². The minimum atomic E-state index is -0.540. The number of para-hydroxylation sites is 1. The van der Waals surface area contributed by atoms with Gasteiger partial charge in [-0.25, -0.2) is 0 Å². The van der Waals surface area contributed by atoms with Crippen LogP contribution in [0.1, 0.15) is 22.5 Å². The molecule has 0 amide bonds. The number of ketones is 1. The van der Waals surface area contributed by atoms with Crippen LogP contribution in [-0.2, 0) is 9.53 Å². The van der Waals surface area contributed by atoms with Crippen LogP contribution in [0.15, 0.2) is 18.2 Å². The van der Waals surface area contributed by atoms with Crippen LogP contribution in [0.2, 0.25) is 0 Å². The van der Waals surface area contributed by atoms with Gasteiger partial charge in [0, 0.05) is 16.6 Å². The third kappa shape index (κ3) is 2.31. The molecule has 0 unspecified atom stereocenters. The number of Topliss-reactive ketones (excluding diaryl/α,β-unsaturated/α-hetero) is 1. The zero-order valence-electron chi connectivity index (χ0n) is 11.1. The Morgan fingerprint density at radius 1 is 1.26 bits per heavy atom. The van der Waals surface area contributed by atoms with Crippen molar-refractivity contribution in [1.29, 1.82) is 0 Å². The molecule has 0 atom stereocenters. The molecule has 0 radical (unpaired) electrons. The van der Waals surface area contributed by atoms with E-state index in [9.17, 15) is 9.59 Å². The third-order valence-electron chi connectivity index (χ3n) is 3.01. The molecule has 0 aliphatic heterocycles. The zero-order valence-corrected chi connectivity index (χ0v) is 11.1. The monoisotopic (exact) mass is 261 g/mol. The van der Waals surface area contributed by atoms with E-state index in [-0.39, 0.29) is 12.2 Å². The maximum Gasteiger partial charge on any atom is 0.313 e. The number of fused-ring (bicyclic) bond motifs is 1. The fourth-order valence-corrected chi connectivity index (χ4v) is 2.14. The standard InChI is InChI=1S/C14H15NO4/c1-8-13(10(16)7-12(17)19-3)9-5-4-6-11(18-2)14(9)15-8/h4-6,15H,7H2,1-3H3. The first-order valence-corrected chi connectivity index (χ1v) is 5.83. The molecule has 1 heterocycles. The van der Waals surface area contributed by atoms with E-state index >= 15 is 0 Å². The highest BCUT2D eigenvalue weighted by atomic mass is 16.5. The van der Waals surface area contributed by atoms with Crippen LogP contribution in [0.5, 0.6) is 5.75 Å². The minimum absolute atomic E-state index is 0.260. The number of esters is 1. The molecule has 0 fully saturated rings. The Morgan fingerprint density at radius 2 is 2.00 bits per heavy atom. The molecule has 5 heteroatoms. The van der Waals surface area contributed by atoms with Crippen molar-refractivity contribution in [2.75, 3.05) is 14.2 Å². The number of nitrogens with one attached hydrogen (secondary N) is 1. The van der Waals surface area contributed by atoms with Gasteiger partial charge in [0.15, 0.2) is 5.78 Å². The Kier molecular flexibility index (Phi) is 3.55. The predicted octanol–water partition coefficient (Wildman–Crippen LogP) is 2.23. The number of benzene rings is 1. The molecular formula is C14H15NO4. The Bertz CT molecular complexity index is 642. The Balaban J connectivity index is 2.52. The number of H-pyrrole nitrogens is 1. The highest BCUT2D eigenvalue weighted by Gasteiger charge is 2.20. The second-order valence-electron chi connectivity index (χ2n) is 4.18. The van der Waals surface area contributed by atoms with Crippen molar-refractivity contribution in [2.24, 2.45) is 0 Å². The van der Waals surface area contributed by atoms with E-state index in [1.807, 2.05) is 18.2 Å². The first-order valence-electron chi connectivity index (χ1n) is 5.83. The minimum Gasteiger partial charge on any atom is -0.495 e. The molecule has 0 bridgehead atoms.